The van der Waals surface area contributed by atoms with Crippen molar-refractivity contribution in [1.82, 2.24) is 10.6 Å². The van der Waals surface area contributed by atoms with Crippen molar-refractivity contribution >= 4 is 5.91 Å². The van der Waals surface area contributed by atoms with Gasteiger partial charge < -0.3 is 10.6 Å². The van der Waals surface area contributed by atoms with Gasteiger partial charge >= 0.3 is 0 Å². The molecule has 0 spiro atoms. The summed E-state index contributed by atoms with van der Waals surface area (Å²) in [6.45, 7) is 4.68. The lowest BCUT2D eigenvalue weighted by molar-refractivity contribution is -0.128. The van der Waals surface area contributed by atoms with Crippen LogP contribution in [0.4, 0.5) is 4.39 Å². The van der Waals surface area contributed by atoms with Gasteiger partial charge in [0, 0.05) is 0 Å². The van der Waals surface area contributed by atoms with Crippen molar-refractivity contribution in [2.24, 2.45) is 0 Å². The third kappa shape index (κ3) is 3.32. The topological polar surface area (TPSA) is 41.1 Å². The Morgan fingerprint density at radius 1 is 1.47 bits per heavy atom. The summed E-state index contributed by atoms with van der Waals surface area (Å²) in [7, 11) is 0. The van der Waals surface area contributed by atoms with Crippen LogP contribution in [0.3, 0.4) is 0 Å². The fraction of sp³-hybridized carbons (Fsp3) is 0.533. The molecule has 1 saturated heterocycles. The molecule has 1 aliphatic rings. The minimum atomic E-state index is -0.500. The Labute approximate surface area is 113 Å². The minimum absolute atomic E-state index is 0.0102. The van der Waals surface area contributed by atoms with Gasteiger partial charge in [-0.15, -0.1) is 0 Å². The number of hydrogen-bond donors (Lipinski definition) is 2. The summed E-state index contributed by atoms with van der Waals surface area (Å²) in [4.78, 5) is 12.3. The molecule has 2 atom stereocenters. The van der Waals surface area contributed by atoms with Gasteiger partial charge in [-0.05, 0) is 57.4 Å². The number of hydrogen-bond acceptors (Lipinski definition) is 2. The van der Waals surface area contributed by atoms with Gasteiger partial charge in [0.15, 0.2) is 0 Å². The number of piperidine rings is 1. The maximum atomic E-state index is 13.2. The van der Waals surface area contributed by atoms with E-state index in [0.717, 1.165) is 31.4 Å². The zero-order valence-corrected chi connectivity index (χ0v) is 11.5. The number of rotatable bonds is 3. The largest absolute Gasteiger partial charge is 0.348 e. The van der Waals surface area contributed by atoms with E-state index in [1.54, 1.807) is 6.07 Å². The van der Waals surface area contributed by atoms with Gasteiger partial charge in [0.25, 0.3) is 0 Å². The van der Waals surface area contributed by atoms with Gasteiger partial charge in [-0.3, -0.25) is 4.79 Å². The van der Waals surface area contributed by atoms with Crippen LogP contribution in [-0.4, -0.2) is 18.0 Å². The molecular formula is C15H21FN2O. The van der Waals surface area contributed by atoms with Crippen molar-refractivity contribution in [2.45, 2.75) is 44.7 Å². The van der Waals surface area contributed by atoms with Crippen molar-refractivity contribution < 1.29 is 9.18 Å². The first kappa shape index (κ1) is 14.0. The van der Waals surface area contributed by atoms with Crippen molar-refractivity contribution in [3.63, 3.8) is 0 Å². The maximum Gasteiger partial charge on any atom is 0.240 e. The highest BCUT2D eigenvalue weighted by Crippen LogP contribution is 2.21. The summed E-state index contributed by atoms with van der Waals surface area (Å²) >= 11 is 0. The van der Waals surface area contributed by atoms with Gasteiger partial charge in [-0.2, -0.15) is 0 Å². The highest BCUT2D eigenvalue weighted by molar-refractivity contribution is 5.86. The van der Waals surface area contributed by atoms with E-state index < -0.39 is 5.54 Å². The molecule has 0 saturated carbocycles. The maximum absolute atomic E-state index is 13.2. The van der Waals surface area contributed by atoms with Crippen LogP contribution in [0, 0.1) is 5.82 Å². The molecule has 104 valence electrons. The van der Waals surface area contributed by atoms with Crippen LogP contribution in [0.2, 0.25) is 0 Å². The first-order valence-electron chi connectivity index (χ1n) is 6.83. The summed E-state index contributed by atoms with van der Waals surface area (Å²) in [5, 5.41) is 6.24. The van der Waals surface area contributed by atoms with E-state index in [2.05, 4.69) is 10.6 Å². The summed E-state index contributed by atoms with van der Waals surface area (Å²) in [6.07, 6.45) is 3.02. The number of amides is 1. The van der Waals surface area contributed by atoms with E-state index in [4.69, 9.17) is 0 Å². The van der Waals surface area contributed by atoms with Gasteiger partial charge in [0.2, 0.25) is 5.91 Å². The predicted octanol–water partition coefficient (Wildman–Crippen LogP) is 2.54. The second-order valence-corrected chi connectivity index (χ2v) is 5.47. The molecule has 1 aliphatic heterocycles. The summed E-state index contributed by atoms with van der Waals surface area (Å²) < 4.78 is 13.2. The Bertz CT molecular complexity index is 455. The van der Waals surface area contributed by atoms with Gasteiger partial charge in [0.05, 0.1) is 11.6 Å². The van der Waals surface area contributed by atoms with Crippen molar-refractivity contribution in [3.05, 3.63) is 35.6 Å². The quantitative estimate of drug-likeness (QED) is 0.881. The first-order valence-corrected chi connectivity index (χ1v) is 6.83. The smallest absolute Gasteiger partial charge is 0.240 e. The highest BCUT2D eigenvalue weighted by atomic mass is 19.1. The Morgan fingerprint density at radius 3 is 2.89 bits per heavy atom. The molecule has 1 heterocycles. The Kier molecular flexibility index (Phi) is 4.20. The first-order chi connectivity index (χ1) is 9.01. The third-order valence-electron chi connectivity index (χ3n) is 3.82. The minimum Gasteiger partial charge on any atom is -0.348 e. The molecular weight excluding hydrogens is 243 g/mol. The molecule has 1 aromatic carbocycles. The van der Waals surface area contributed by atoms with Crippen LogP contribution >= 0.6 is 0 Å². The molecule has 0 aliphatic carbocycles. The zero-order chi connectivity index (χ0) is 13.9. The molecule has 0 bridgehead atoms. The third-order valence-corrected chi connectivity index (χ3v) is 3.82. The van der Waals surface area contributed by atoms with Gasteiger partial charge in [-0.25, -0.2) is 4.39 Å². The van der Waals surface area contributed by atoms with Crippen LogP contribution in [0.1, 0.15) is 44.7 Å². The second-order valence-electron chi connectivity index (χ2n) is 5.47. The van der Waals surface area contributed by atoms with Crippen molar-refractivity contribution in [2.75, 3.05) is 6.54 Å². The molecule has 1 unspecified atom stereocenters. The molecule has 0 radical (unpaired) electrons. The lowest BCUT2D eigenvalue weighted by Crippen LogP contribution is -2.57. The van der Waals surface area contributed by atoms with Crippen LogP contribution < -0.4 is 10.6 Å². The number of halogens is 1. The average Bonchev–Trinajstić information content (AvgIpc) is 2.39. The molecule has 4 heteroatoms. The summed E-state index contributed by atoms with van der Waals surface area (Å²) in [5.74, 6) is -0.287. The number of nitrogens with one attached hydrogen (secondary N) is 2. The van der Waals surface area contributed by atoms with E-state index >= 15 is 0 Å². The molecule has 2 N–H and O–H groups in total. The number of benzene rings is 1. The molecule has 19 heavy (non-hydrogen) atoms. The monoisotopic (exact) mass is 264 g/mol. The average molecular weight is 264 g/mol. The lowest BCUT2D eigenvalue weighted by atomic mass is 9.89. The predicted molar refractivity (Wildman–Crippen MR) is 73.2 cm³/mol. The number of carbonyl (C=O) groups is 1. The van der Waals surface area contributed by atoms with Crippen LogP contribution in [-0.2, 0) is 4.79 Å². The lowest BCUT2D eigenvalue weighted by Gasteiger charge is -2.34. The zero-order valence-electron chi connectivity index (χ0n) is 11.5. The molecule has 0 aromatic heterocycles. The fourth-order valence-electron chi connectivity index (χ4n) is 2.47. The molecule has 2 rings (SSSR count). The summed E-state index contributed by atoms with van der Waals surface area (Å²) in [5.41, 5.74) is 0.285. The Hall–Kier alpha value is -1.42. The standard InChI is InChI=1S/C15H21FN2O/c1-11(12-6-5-7-13(16)10-12)18-14(19)15(2)8-3-4-9-17-15/h5-7,10-11,17H,3-4,8-9H2,1-2H3,(H,18,19)/t11-,15?/m0/s1. The van der Waals surface area contributed by atoms with E-state index in [0.29, 0.717) is 0 Å². The highest BCUT2D eigenvalue weighted by Gasteiger charge is 2.34. The Morgan fingerprint density at radius 2 is 2.26 bits per heavy atom. The Balaban J connectivity index is 2.02. The van der Waals surface area contributed by atoms with Crippen LogP contribution in [0.25, 0.3) is 0 Å². The second kappa shape index (κ2) is 5.70. The van der Waals surface area contributed by atoms with E-state index in [1.807, 2.05) is 19.9 Å². The van der Waals surface area contributed by atoms with Crippen LogP contribution in [0.15, 0.2) is 24.3 Å². The SMILES string of the molecule is C[C@H](NC(=O)C1(C)CCCCN1)c1cccc(F)c1. The van der Waals surface area contributed by atoms with Gasteiger partial charge in [-0.1, -0.05) is 12.1 Å². The van der Waals surface area contributed by atoms with E-state index in [1.165, 1.54) is 12.1 Å². The summed E-state index contributed by atoms with van der Waals surface area (Å²) in [6, 6.07) is 6.16. The normalized spacial score (nSPS) is 24.8. The fourth-order valence-corrected chi connectivity index (χ4v) is 2.47. The van der Waals surface area contributed by atoms with Crippen molar-refractivity contribution in [3.8, 4) is 0 Å². The van der Waals surface area contributed by atoms with Crippen molar-refractivity contribution in [1.29, 1.82) is 0 Å². The van der Waals surface area contributed by atoms with E-state index in [-0.39, 0.29) is 17.8 Å². The van der Waals surface area contributed by atoms with Crippen LogP contribution in [0.5, 0.6) is 0 Å². The number of carbonyl (C=O) groups excluding carboxylic acids is 1. The molecule has 1 aromatic rings. The van der Waals surface area contributed by atoms with E-state index in [9.17, 15) is 9.18 Å². The molecule has 1 fully saturated rings. The molecule has 3 nitrogen and oxygen atoms in total. The van der Waals surface area contributed by atoms with Gasteiger partial charge in [0.1, 0.15) is 5.82 Å². The molecule has 1 amide bonds.